The van der Waals surface area contributed by atoms with Crippen molar-refractivity contribution in [1.82, 2.24) is 9.78 Å². The highest BCUT2D eigenvalue weighted by molar-refractivity contribution is 5.58. The van der Waals surface area contributed by atoms with Crippen LogP contribution in [0.5, 0.6) is 0 Å². The normalized spacial score (nSPS) is 10.4. The number of hydrogen-bond donors (Lipinski definition) is 0. The van der Waals surface area contributed by atoms with Crippen LogP contribution in [0.1, 0.15) is 12.5 Å². The smallest absolute Gasteiger partial charge is 0.0923 e. The molecule has 0 saturated heterocycles. The van der Waals surface area contributed by atoms with Gasteiger partial charge in [0.1, 0.15) is 0 Å². The van der Waals surface area contributed by atoms with E-state index in [4.69, 9.17) is 0 Å². The number of benzene rings is 1. The first kappa shape index (κ1) is 9.00. The molecule has 0 bridgehead atoms. The standard InChI is InChI=1S/C12H14N2/c1-3-14-9-8-12(13-14)11-6-4-10(2)5-7-11/h4-9H,3H2,1-2H3. The SMILES string of the molecule is CCn1ccc(-c2ccc(C)cc2)n1. The van der Waals surface area contributed by atoms with Gasteiger partial charge in [-0.15, -0.1) is 0 Å². The molecule has 0 spiro atoms. The molecule has 2 rings (SSSR count). The molecule has 1 heterocycles. The molecule has 14 heavy (non-hydrogen) atoms. The zero-order chi connectivity index (χ0) is 9.97. The molecule has 0 aliphatic heterocycles. The van der Waals surface area contributed by atoms with Gasteiger partial charge in [-0.05, 0) is 19.9 Å². The molecular formula is C12H14N2. The fourth-order valence-electron chi connectivity index (χ4n) is 1.42. The van der Waals surface area contributed by atoms with Crippen molar-refractivity contribution in [3.8, 4) is 11.3 Å². The van der Waals surface area contributed by atoms with Gasteiger partial charge in [-0.3, -0.25) is 4.68 Å². The summed E-state index contributed by atoms with van der Waals surface area (Å²) in [5.74, 6) is 0. The van der Waals surface area contributed by atoms with Crippen LogP contribution in [0.25, 0.3) is 11.3 Å². The summed E-state index contributed by atoms with van der Waals surface area (Å²) in [6.07, 6.45) is 2.01. The molecule has 2 aromatic rings. The van der Waals surface area contributed by atoms with Crippen LogP contribution in [0.15, 0.2) is 36.5 Å². The average molecular weight is 186 g/mol. The molecule has 2 heteroatoms. The van der Waals surface area contributed by atoms with Crippen molar-refractivity contribution in [1.29, 1.82) is 0 Å². The number of aromatic nitrogens is 2. The Balaban J connectivity index is 2.34. The molecule has 0 fully saturated rings. The summed E-state index contributed by atoms with van der Waals surface area (Å²) in [6.45, 7) is 5.10. The molecule has 72 valence electrons. The average Bonchev–Trinajstić information content (AvgIpc) is 2.67. The predicted octanol–water partition coefficient (Wildman–Crippen LogP) is 2.88. The number of aryl methyl sites for hydroxylation is 2. The summed E-state index contributed by atoms with van der Waals surface area (Å²) in [6, 6.07) is 10.5. The number of hydrogen-bond acceptors (Lipinski definition) is 1. The van der Waals surface area contributed by atoms with Gasteiger partial charge < -0.3 is 0 Å². The Kier molecular flexibility index (Phi) is 2.35. The molecule has 1 aromatic heterocycles. The van der Waals surface area contributed by atoms with E-state index >= 15 is 0 Å². The van der Waals surface area contributed by atoms with Gasteiger partial charge in [-0.25, -0.2) is 0 Å². The van der Waals surface area contributed by atoms with Gasteiger partial charge >= 0.3 is 0 Å². The van der Waals surface area contributed by atoms with Crippen molar-refractivity contribution in [3.63, 3.8) is 0 Å². The van der Waals surface area contributed by atoms with Crippen molar-refractivity contribution in [3.05, 3.63) is 42.1 Å². The van der Waals surface area contributed by atoms with Gasteiger partial charge in [-0.1, -0.05) is 29.8 Å². The first-order valence-electron chi connectivity index (χ1n) is 4.90. The van der Waals surface area contributed by atoms with Crippen LogP contribution >= 0.6 is 0 Å². The summed E-state index contributed by atoms with van der Waals surface area (Å²) >= 11 is 0. The van der Waals surface area contributed by atoms with E-state index in [1.165, 1.54) is 11.1 Å². The maximum absolute atomic E-state index is 4.45. The molecular weight excluding hydrogens is 172 g/mol. The first-order valence-corrected chi connectivity index (χ1v) is 4.90. The van der Waals surface area contributed by atoms with Crippen LogP contribution in [-0.4, -0.2) is 9.78 Å². The molecule has 0 atom stereocenters. The highest BCUT2D eigenvalue weighted by Crippen LogP contribution is 2.16. The van der Waals surface area contributed by atoms with Crippen molar-refractivity contribution < 1.29 is 0 Å². The monoisotopic (exact) mass is 186 g/mol. The Hall–Kier alpha value is -1.57. The van der Waals surface area contributed by atoms with E-state index in [0.717, 1.165) is 12.2 Å². The van der Waals surface area contributed by atoms with Crippen LogP contribution in [0.3, 0.4) is 0 Å². The lowest BCUT2D eigenvalue weighted by Gasteiger charge is -1.97. The van der Waals surface area contributed by atoms with E-state index in [-0.39, 0.29) is 0 Å². The van der Waals surface area contributed by atoms with E-state index < -0.39 is 0 Å². The van der Waals surface area contributed by atoms with Gasteiger partial charge in [0.15, 0.2) is 0 Å². The topological polar surface area (TPSA) is 17.8 Å². The van der Waals surface area contributed by atoms with Crippen LogP contribution in [-0.2, 0) is 6.54 Å². The fraction of sp³-hybridized carbons (Fsp3) is 0.250. The molecule has 0 radical (unpaired) electrons. The summed E-state index contributed by atoms with van der Waals surface area (Å²) < 4.78 is 1.94. The largest absolute Gasteiger partial charge is 0.272 e. The minimum Gasteiger partial charge on any atom is -0.272 e. The minimum absolute atomic E-state index is 0.922. The van der Waals surface area contributed by atoms with Crippen molar-refractivity contribution >= 4 is 0 Å². The maximum atomic E-state index is 4.45. The van der Waals surface area contributed by atoms with Crippen molar-refractivity contribution in [2.24, 2.45) is 0 Å². The Morgan fingerprint density at radius 1 is 1.14 bits per heavy atom. The number of rotatable bonds is 2. The quantitative estimate of drug-likeness (QED) is 0.705. The van der Waals surface area contributed by atoms with Crippen molar-refractivity contribution in [2.75, 3.05) is 0 Å². The van der Waals surface area contributed by atoms with E-state index in [9.17, 15) is 0 Å². The third kappa shape index (κ3) is 1.69. The summed E-state index contributed by atoms with van der Waals surface area (Å²) in [5.41, 5.74) is 3.51. The molecule has 0 N–H and O–H groups in total. The minimum atomic E-state index is 0.922. The van der Waals surface area contributed by atoms with Crippen LogP contribution in [0, 0.1) is 6.92 Å². The zero-order valence-corrected chi connectivity index (χ0v) is 8.57. The lowest BCUT2D eigenvalue weighted by molar-refractivity contribution is 0.662. The summed E-state index contributed by atoms with van der Waals surface area (Å²) in [7, 11) is 0. The number of nitrogens with zero attached hydrogens (tertiary/aromatic N) is 2. The fourth-order valence-corrected chi connectivity index (χ4v) is 1.42. The highest BCUT2D eigenvalue weighted by Gasteiger charge is 2.00. The lowest BCUT2D eigenvalue weighted by atomic mass is 10.1. The lowest BCUT2D eigenvalue weighted by Crippen LogP contribution is -1.93. The van der Waals surface area contributed by atoms with Gasteiger partial charge in [0, 0.05) is 18.3 Å². The van der Waals surface area contributed by atoms with Crippen LogP contribution < -0.4 is 0 Å². The Morgan fingerprint density at radius 3 is 2.43 bits per heavy atom. The van der Waals surface area contributed by atoms with Gasteiger partial charge in [-0.2, -0.15) is 5.10 Å². The van der Waals surface area contributed by atoms with Crippen LogP contribution in [0.2, 0.25) is 0 Å². The second kappa shape index (κ2) is 3.66. The third-order valence-corrected chi connectivity index (χ3v) is 2.31. The van der Waals surface area contributed by atoms with Gasteiger partial charge in [0.05, 0.1) is 5.69 Å². The highest BCUT2D eigenvalue weighted by atomic mass is 15.3. The third-order valence-electron chi connectivity index (χ3n) is 2.31. The van der Waals surface area contributed by atoms with Gasteiger partial charge in [0.2, 0.25) is 0 Å². The zero-order valence-electron chi connectivity index (χ0n) is 8.57. The van der Waals surface area contributed by atoms with E-state index in [1.807, 2.05) is 16.9 Å². The second-order valence-electron chi connectivity index (χ2n) is 3.42. The second-order valence-corrected chi connectivity index (χ2v) is 3.42. The Bertz CT molecular complexity index is 412. The van der Waals surface area contributed by atoms with Gasteiger partial charge in [0.25, 0.3) is 0 Å². The van der Waals surface area contributed by atoms with E-state index in [0.29, 0.717) is 0 Å². The molecule has 2 nitrogen and oxygen atoms in total. The van der Waals surface area contributed by atoms with Crippen LogP contribution in [0.4, 0.5) is 0 Å². The van der Waals surface area contributed by atoms with Crippen molar-refractivity contribution in [2.45, 2.75) is 20.4 Å². The Morgan fingerprint density at radius 2 is 1.86 bits per heavy atom. The first-order chi connectivity index (χ1) is 6.79. The Labute approximate surface area is 84.2 Å². The molecule has 0 saturated carbocycles. The molecule has 0 aliphatic carbocycles. The summed E-state index contributed by atoms with van der Waals surface area (Å²) in [5, 5.41) is 4.45. The molecule has 0 unspecified atom stereocenters. The maximum Gasteiger partial charge on any atom is 0.0923 e. The molecule has 0 amide bonds. The predicted molar refractivity (Wildman–Crippen MR) is 58.1 cm³/mol. The molecule has 1 aromatic carbocycles. The summed E-state index contributed by atoms with van der Waals surface area (Å²) in [4.78, 5) is 0. The molecule has 0 aliphatic rings. The van der Waals surface area contributed by atoms with E-state index in [1.54, 1.807) is 0 Å². The van der Waals surface area contributed by atoms with E-state index in [2.05, 4.69) is 43.2 Å².